The lowest BCUT2D eigenvalue weighted by Gasteiger charge is -2.11. The van der Waals surface area contributed by atoms with E-state index in [4.69, 9.17) is 4.74 Å². The summed E-state index contributed by atoms with van der Waals surface area (Å²) in [6.45, 7) is 3.27. The number of aryl methyl sites for hydroxylation is 2. The summed E-state index contributed by atoms with van der Waals surface area (Å²) in [4.78, 5) is 23.6. The van der Waals surface area contributed by atoms with Gasteiger partial charge in [-0.3, -0.25) is 4.79 Å². The van der Waals surface area contributed by atoms with E-state index in [1.165, 1.54) is 18.2 Å². The van der Waals surface area contributed by atoms with Crippen molar-refractivity contribution in [2.24, 2.45) is 0 Å². The number of benzene rings is 2. The van der Waals surface area contributed by atoms with Gasteiger partial charge in [-0.2, -0.15) is 0 Å². The molecule has 1 N–H and O–H groups in total. The van der Waals surface area contributed by atoms with E-state index in [1.54, 1.807) is 0 Å². The molecule has 0 aromatic heterocycles. The summed E-state index contributed by atoms with van der Waals surface area (Å²) >= 11 is 3.41. The number of hydrogen-bond acceptors (Lipinski definition) is 3. The highest BCUT2D eigenvalue weighted by molar-refractivity contribution is 9.10. The molecule has 23 heavy (non-hydrogen) atoms. The van der Waals surface area contributed by atoms with Gasteiger partial charge in [0.05, 0.1) is 5.56 Å². The van der Waals surface area contributed by atoms with Gasteiger partial charge < -0.3 is 10.1 Å². The molecular formula is C17H15BrFNO3. The average molecular weight is 380 g/mol. The van der Waals surface area contributed by atoms with Gasteiger partial charge >= 0.3 is 5.97 Å². The summed E-state index contributed by atoms with van der Waals surface area (Å²) in [5.41, 5.74) is 2.28. The minimum Gasteiger partial charge on any atom is -0.452 e. The van der Waals surface area contributed by atoms with Crippen LogP contribution in [0.3, 0.4) is 0 Å². The minimum atomic E-state index is -0.873. The summed E-state index contributed by atoms with van der Waals surface area (Å²) < 4.78 is 19.2. The smallest absolute Gasteiger partial charge is 0.341 e. The molecule has 0 atom stereocenters. The lowest BCUT2D eigenvalue weighted by Crippen LogP contribution is -2.21. The van der Waals surface area contributed by atoms with Crippen molar-refractivity contribution in [3.8, 4) is 0 Å². The van der Waals surface area contributed by atoms with Crippen molar-refractivity contribution >= 4 is 33.5 Å². The van der Waals surface area contributed by atoms with Gasteiger partial charge in [-0.05, 0) is 49.2 Å². The van der Waals surface area contributed by atoms with Crippen molar-refractivity contribution in [1.82, 2.24) is 0 Å². The van der Waals surface area contributed by atoms with Crippen molar-refractivity contribution in [2.45, 2.75) is 13.8 Å². The van der Waals surface area contributed by atoms with Crippen LogP contribution in [0, 0.1) is 19.7 Å². The van der Waals surface area contributed by atoms with E-state index in [2.05, 4.69) is 21.2 Å². The lowest BCUT2D eigenvalue weighted by atomic mass is 10.1. The van der Waals surface area contributed by atoms with Gasteiger partial charge in [-0.1, -0.05) is 28.1 Å². The molecular weight excluding hydrogens is 365 g/mol. The Labute approximate surface area is 141 Å². The van der Waals surface area contributed by atoms with Crippen LogP contribution in [0.1, 0.15) is 21.5 Å². The zero-order valence-electron chi connectivity index (χ0n) is 12.7. The Morgan fingerprint density at radius 2 is 1.87 bits per heavy atom. The normalized spacial score (nSPS) is 10.3. The van der Waals surface area contributed by atoms with Crippen molar-refractivity contribution in [2.75, 3.05) is 11.9 Å². The molecule has 4 nitrogen and oxygen atoms in total. The van der Waals surface area contributed by atoms with Crippen LogP contribution in [0.5, 0.6) is 0 Å². The summed E-state index contributed by atoms with van der Waals surface area (Å²) in [5, 5.41) is 2.67. The second kappa shape index (κ2) is 7.37. The van der Waals surface area contributed by atoms with Crippen LogP contribution in [-0.2, 0) is 9.53 Å². The maximum atomic E-state index is 13.4. The van der Waals surface area contributed by atoms with Gasteiger partial charge in [0.25, 0.3) is 5.91 Å². The highest BCUT2D eigenvalue weighted by Gasteiger charge is 2.14. The first-order valence-electron chi connectivity index (χ1n) is 6.86. The van der Waals surface area contributed by atoms with Crippen LogP contribution in [0.25, 0.3) is 0 Å². The molecule has 2 aromatic carbocycles. The van der Waals surface area contributed by atoms with E-state index in [0.717, 1.165) is 21.7 Å². The minimum absolute atomic E-state index is 0.198. The number of halogens is 2. The Morgan fingerprint density at radius 1 is 1.17 bits per heavy atom. The Kier molecular flexibility index (Phi) is 5.50. The zero-order valence-corrected chi connectivity index (χ0v) is 14.2. The number of amides is 1. The molecule has 0 heterocycles. The standard InChI is InChI=1S/C17H15BrFNO3/c1-10-8-15(11(2)7-13(10)18)20-16(21)9-23-17(22)12-5-3-4-6-14(12)19/h3-8H,9H2,1-2H3,(H,20,21). The predicted octanol–water partition coefficient (Wildman–Crippen LogP) is 4.00. The van der Waals surface area contributed by atoms with E-state index in [1.807, 2.05) is 26.0 Å². The van der Waals surface area contributed by atoms with Crippen LogP contribution in [0.2, 0.25) is 0 Å². The van der Waals surface area contributed by atoms with Crippen molar-refractivity contribution in [3.05, 3.63) is 63.4 Å². The van der Waals surface area contributed by atoms with E-state index in [0.29, 0.717) is 5.69 Å². The fourth-order valence-corrected chi connectivity index (χ4v) is 2.40. The maximum Gasteiger partial charge on any atom is 0.341 e. The first kappa shape index (κ1) is 17.1. The predicted molar refractivity (Wildman–Crippen MR) is 88.9 cm³/mol. The topological polar surface area (TPSA) is 55.4 Å². The van der Waals surface area contributed by atoms with Crippen LogP contribution >= 0.6 is 15.9 Å². The molecule has 0 bridgehead atoms. The van der Waals surface area contributed by atoms with Gasteiger partial charge in [0.2, 0.25) is 0 Å². The van der Waals surface area contributed by atoms with Gasteiger partial charge in [0.1, 0.15) is 5.82 Å². The molecule has 0 aliphatic carbocycles. The van der Waals surface area contributed by atoms with Crippen LogP contribution in [0.4, 0.5) is 10.1 Å². The summed E-state index contributed by atoms with van der Waals surface area (Å²) in [7, 11) is 0. The fourth-order valence-electron chi connectivity index (χ4n) is 1.94. The van der Waals surface area contributed by atoms with Crippen molar-refractivity contribution in [1.29, 1.82) is 0 Å². The number of ether oxygens (including phenoxy) is 1. The summed E-state index contributed by atoms with van der Waals surface area (Å²) in [6, 6.07) is 9.15. The molecule has 2 rings (SSSR count). The van der Waals surface area contributed by atoms with Gasteiger partial charge in [0.15, 0.2) is 6.61 Å². The fraction of sp³-hybridized carbons (Fsp3) is 0.176. The molecule has 120 valence electrons. The lowest BCUT2D eigenvalue weighted by molar-refractivity contribution is -0.119. The first-order valence-corrected chi connectivity index (χ1v) is 7.66. The third-order valence-corrected chi connectivity index (χ3v) is 4.06. The Bertz CT molecular complexity index is 761. The van der Waals surface area contributed by atoms with E-state index in [9.17, 15) is 14.0 Å². The van der Waals surface area contributed by atoms with E-state index < -0.39 is 24.3 Å². The molecule has 0 saturated heterocycles. The monoisotopic (exact) mass is 379 g/mol. The molecule has 6 heteroatoms. The Balaban J connectivity index is 1.97. The number of nitrogens with one attached hydrogen (secondary N) is 1. The molecule has 0 aliphatic heterocycles. The van der Waals surface area contributed by atoms with Crippen molar-refractivity contribution in [3.63, 3.8) is 0 Å². The van der Waals surface area contributed by atoms with E-state index in [-0.39, 0.29) is 5.56 Å². The molecule has 0 aliphatic rings. The molecule has 0 radical (unpaired) electrons. The Morgan fingerprint density at radius 3 is 2.57 bits per heavy atom. The zero-order chi connectivity index (χ0) is 17.0. The van der Waals surface area contributed by atoms with Gasteiger partial charge in [-0.15, -0.1) is 0 Å². The highest BCUT2D eigenvalue weighted by atomic mass is 79.9. The molecule has 0 saturated carbocycles. The number of esters is 1. The van der Waals surface area contributed by atoms with Gasteiger partial charge in [-0.25, -0.2) is 9.18 Å². The van der Waals surface area contributed by atoms with E-state index >= 15 is 0 Å². The number of carbonyl (C=O) groups is 2. The second-order valence-corrected chi connectivity index (χ2v) is 5.87. The Hall–Kier alpha value is -2.21. The molecule has 2 aromatic rings. The maximum absolute atomic E-state index is 13.4. The summed E-state index contributed by atoms with van der Waals surface area (Å²) in [6.07, 6.45) is 0. The number of hydrogen-bond donors (Lipinski definition) is 1. The first-order chi connectivity index (χ1) is 10.9. The quantitative estimate of drug-likeness (QED) is 0.816. The molecule has 0 unspecified atom stereocenters. The SMILES string of the molecule is Cc1cc(NC(=O)COC(=O)c2ccccc2F)c(C)cc1Br. The number of rotatable bonds is 4. The second-order valence-electron chi connectivity index (χ2n) is 5.02. The average Bonchev–Trinajstić information content (AvgIpc) is 2.51. The number of anilines is 1. The number of carbonyl (C=O) groups excluding carboxylic acids is 2. The highest BCUT2D eigenvalue weighted by Crippen LogP contribution is 2.24. The molecule has 0 spiro atoms. The van der Waals surface area contributed by atoms with Crippen LogP contribution in [0.15, 0.2) is 40.9 Å². The van der Waals surface area contributed by atoms with Crippen LogP contribution in [-0.4, -0.2) is 18.5 Å². The largest absolute Gasteiger partial charge is 0.452 e. The van der Waals surface area contributed by atoms with Gasteiger partial charge in [0, 0.05) is 10.2 Å². The molecule has 0 fully saturated rings. The van der Waals surface area contributed by atoms with Crippen LogP contribution < -0.4 is 5.32 Å². The third kappa shape index (κ3) is 4.39. The van der Waals surface area contributed by atoms with Crippen molar-refractivity contribution < 1.29 is 18.7 Å². The third-order valence-electron chi connectivity index (χ3n) is 3.21. The molecule has 1 amide bonds. The summed E-state index contributed by atoms with van der Waals surface area (Å²) in [5.74, 6) is -2.04.